The van der Waals surface area contributed by atoms with Gasteiger partial charge in [0.25, 0.3) is 0 Å². The molecule has 1 heterocycles. The number of thiophene rings is 1. The van der Waals surface area contributed by atoms with E-state index in [2.05, 4.69) is 0 Å². The lowest BCUT2D eigenvalue weighted by Crippen LogP contribution is -2.23. The van der Waals surface area contributed by atoms with Crippen LogP contribution in [-0.4, -0.2) is 31.7 Å². The number of nitrogens with zero attached hydrogens (tertiary/aromatic N) is 1. The Balaban J connectivity index is 3.03. The molecule has 1 rings (SSSR count). The molecule has 0 unspecified atom stereocenters. The fourth-order valence-electron chi connectivity index (χ4n) is 1.51. The van der Waals surface area contributed by atoms with Crippen LogP contribution in [0.4, 0.5) is 5.00 Å². The molecule has 5 nitrogen and oxygen atoms in total. The number of anilines is 1. The van der Waals surface area contributed by atoms with Gasteiger partial charge >= 0.3 is 11.9 Å². The maximum absolute atomic E-state index is 11.9. The number of carbonyl (C=O) groups is 2. The summed E-state index contributed by atoms with van der Waals surface area (Å²) in [5, 5.41) is 2.87. The van der Waals surface area contributed by atoms with Crippen LogP contribution in [0.1, 0.15) is 20.8 Å². The molecule has 0 saturated heterocycles. The first kappa shape index (κ1) is 16.2. The highest BCUT2D eigenvalue weighted by Crippen LogP contribution is 2.22. The summed E-state index contributed by atoms with van der Waals surface area (Å²) < 4.78 is 9.81. The Hall–Kier alpha value is -1.82. The second kappa shape index (κ2) is 8.37. The number of esters is 2. The molecule has 0 aromatic carbocycles. The number of carbonyl (C=O) groups excluding carboxylic acids is 2. The van der Waals surface area contributed by atoms with E-state index in [1.165, 1.54) is 17.5 Å². The molecule has 1 aromatic rings. The molecule has 0 N–H and O–H groups in total. The lowest BCUT2D eigenvalue weighted by Gasteiger charge is -2.17. The maximum atomic E-state index is 11.9. The molecular formula is C14H19NO4S. The molecule has 0 aliphatic rings. The molecule has 0 aliphatic heterocycles. The van der Waals surface area contributed by atoms with Crippen LogP contribution in [0.25, 0.3) is 0 Å². The van der Waals surface area contributed by atoms with Crippen molar-refractivity contribution in [1.29, 1.82) is 0 Å². The van der Waals surface area contributed by atoms with Crippen molar-refractivity contribution in [2.75, 3.05) is 24.7 Å². The number of hydrogen-bond acceptors (Lipinski definition) is 6. The van der Waals surface area contributed by atoms with Crippen molar-refractivity contribution in [2.24, 2.45) is 0 Å². The minimum atomic E-state index is -0.666. The van der Waals surface area contributed by atoms with Gasteiger partial charge in [0.1, 0.15) is 0 Å². The summed E-state index contributed by atoms with van der Waals surface area (Å²) in [5.41, 5.74) is -0.0936. The zero-order valence-corrected chi connectivity index (χ0v) is 12.7. The third kappa shape index (κ3) is 4.38. The predicted molar refractivity (Wildman–Crippen MR) is 78.7 cm³/mol. The zero-order chi connectivity index (χ0) is 15.0. The van der Waals surface area contributed by atoms with Gasteiger partial charge < -0.3 is 14.4 Å². The van der Waals surface area contributed by atoms with Crippen LogP contribution in [0.2, 0.25) is 0 Å². The number of ether oxygens (including phenoxy) is 2. The topological polar surface area (TPSA) is 55.8 Å². The molecule has 0 bridgehead atoms. The minimum absolute atomic E-state index is 0.0936. The molecule has 110 valence electrons. The van der Waals surface area contributed by atoms with Crippen LogP contribution in [0.3, 0.4) is 0 Å². The summed E-state index contributed by atoms with van der Waals surface area (Å²) >= 11 is 1.52. The van der Waals surface area contributed by atoms with Gasteiger partial charge in [-0.3, -0.25) is 0 Å². The molecular weight excluding hydrogens is 278 g/mol. The summed E-state index contributed by atoms with van der Waals surface area (Å²) in [7, 11) is 0. The molecule has 0 radical (unpaired) electrons. The monoisotopic (exact) mass is 297 g/mol. The normalized spacial score (nSPS) is 9.75. The van der Waals surface area contributed by atoms with Crippen molar-refractivity contribution in [3.8, 4) is 0 Å². The molecule has 0 amide bonds. The smallest absolute Gasteiger partial charge is 0.347 e. The van der Waals surface area contributed by atoms with E-state index in [1.54, 1.807) is 13.8 Å². The Labute approximate surface area is 122 Å². The van der Waals surface area contributed by atoms with Crippen molar-refractivity contribution < 1.29 is 19.1 Å². The van der Waals surface area contributed by atoms with E-state index in [-0.39, 0.29) is 18.8 Å². The lowest BCUT2D eigenvalue weighted by atomic mass is 10.3. The van der Waals surface area contributed by atoms with Gasteiger partial charge in [-0.2, -0.15) is 0 Å². The second-order valence-electron chi connectivity index (χ2n) is 3.72. The van der Waals surface area contributed by atoms with Crippen LogP contribution in [0.15, 0.2) is 29.3 Å². The van der Waals surface area contributed by atoms with Gasteiger partial charge in [-0.15, -0.1) is 11.3 Å². The quantitative estimate of drug-likeness (QED) is 0.335. The van der Waals surface area contributed by atoms with Gasteiger partial charge in [-0.25, -0.2) is 9.59 Å². The average Bonchev–Trinajstić information content (AvgIpc) is 2.94. The van der Waals surface area contributed by atoms with Gasteiger partial charge in [0, 0.05) is 12.7 Å². The first-order valence-electron chi connectivity index (χ1n) is 6.50. The number of rotatable bonds is 7. The van der Waals surface area contributed by atoms with E-state index in [0.29, 0.717) is 6.54 Å². The molecule has 0 fully saturated rings. The Morgan fingerprint density at radius 2 is 1.80 bits per heavy atom. The van der Waals surface area contributed by atoms with Crippen LogP contribution in [0, 0.1) is 0 Å². The number of hydrogen-bond donors (Lipinski definition) is 0. The fraction of sp³-hybridized carbons (Fsp3) is 0.429. The summed E-state index contributed by atoms with van der Waals surface area (Å²) in [6.45, 7) is 6.36. The summed E-state index contributed by atoms with van der Waals surface area (Å²) in [4.78, 5) is 25.5. The molecule has 0 saturated carbocycles. The Morgan fingerprint density at radius 3 is 2.20 bits per heavy atom. The predicted octanol–water partition coefficient (Wildman–Crippen LogP) is 2.58. The van der Waals surface area contributed by atoms with E-state index in [4.69, 9.17) is 9.47 Å². The second-order valence-corrected chi connectivity index (χ2v) is 4.65. The van der Waals surface area contributed by atoms with E-state index >= 15 is 0 Å². The van der Waals surface area contributed by atoms with E-state index < -0.39 is 11.9 Å². The van der Waals surface area contributed by atoms with Gasteiger partial charge in [0.15, 0.2) is 5.57 Å². The molecule has 0 spiro atoms. The SMILES string of the molecule is CCOC(=O)C(=CN(CC)c1cccs1)C(=O)OCC. The molecule has 0 atom stereocenters. The standard InChI is InChI=1S/C14H19NO4S/c1-4-15(12-8-7-9-20-12)10-11(13(16)18-5-2)14(17)19-6-3/h7-10H,4-6H2,1-3H3. The van der Waals surface area contributed by atoms with Crippen LogP contribution < -0.4 is 4.90 Å². The highest BCUT2D eigenvalue weighted by Gasteiger charge is 2.22. The summed E-state index contributed by atoms with van der Waals surface area (Å²) in [6.07, 6.45) is 1.49. The van der Waals surface area contributed by atoms with E-state index in [9.17, 15) is 9.59 Å². The zero-order valence-electron chi connectivity index (χ0n) is 11.9. The Morgan fingerprint density at radius 1 is 1.20 bits per heavy atom. The Kier molecular flexibility index (Phi) is 6.79. The Bertz CT molecular complexity index is 448. The summed E-state index contributed by atoms with van der Waals surface area (Å²) in [5.74, 6) is -1.33. The van der Waals surface area contributed by atoms with E-state index in [0.717, 1.165) is 5.00 Å². The van der Waals surface area contributed by atoms with Crippen LogP contribution >= 0.6 is 11.3 Å². The highest BCUT2D eigenvalue weighted by molar-refractivity contribution is 7.14. The third-order valence-electron chi connectivity index (χ3n) is 2.41. The third-order valence-corrected chi connectivity index (χ3v) is 3.31. The van der Waals surface area contributed by atoms with Gasteiger partial charge in [-0.1, -0.05) is 0 Å². The van der Waals surface area contributed by atoms with Crippen molar-refractivity contribution >= 4 is 28.3 Å². The van der Waals surface area contributed by atoms with Crippen molar-refractivity contribution in [3.63, 3.8) is 0 Å². The molecule has 20 heavy (non-hydrogen) atoms. The van der Waals surface area contributed by atoms with Crippen LogP contribution in [-0.2, 0) is 19.1 Å². The molecule has 1 aromatic heterocycles. The minimum Gasteiger partial charge on any atom is -0.462 e. The van der Waals surface area contributed by atoms with Crippen molar-refractivity contribution in [2.45, 2.75) is 20.8 Å². The highest BCUT2D eigenvalue weighted by atomic mass is 32.1. The van der Waals surface area contributed by atoms with Crippen molar-refractivity contribution in [3.05, 3.63) is 29.3 Å². The lowest BCUT2D eigenvalue weighted by molar-refractivity contribution is -0.146. The van der Waals surface area contributed by atoms with Gasteiger partial charge in [0.05, 0.1) is 18.2 Å². The molecule has 6 heteroatoms. The fourth-order valence-corrected chi connectivity index (χ4v) is 2.28. The van der Waals surface area contributed by atoms with Gasteiger partial charge in [-0.05, 0) is 38.3 Å². The van der Waals surface area contributed by atoms with Crippen LogP contribution in [0.5, 0.6) is 0 Å². The van der Waals surface area contributed by atoms with Gasteiger partial charge in [0.2, 0.25) is 0 Å². The average molecular weight is 297 g/mol. The van der Waals surface area contributed by atoms with Crippen molar-refractivity contribution in [1.82, 2.24) is 0 Å². The first-order chi connectivity index (χ1) is 9.63. The largest absolute Gasteiger partial charge is 0.462 e. The maximum Gasteiger partial charge on any atom is 0.347 e. The summed E-state index contributed by atoms with van der Waals surface area (Å²) in [6, 6.07) is 3.82. The first-order valence-corrected chi connectivity index (χ1v) is 7.38. The van der Waals surface area contributed by atoms with E-state index in [1.807, 2.05) is 29.3 Å². The molecule has 0 aliphatic carbocycles.